The van der Waals surface area contributed by atoms with E-state index >= 15 is 0 Å². The van der Waals surface area contributed by atoms with Gasteiger partial charge in [-0.2, -0.15) is 5.10 Å². The summed E-state index contributed by atoms with van der Waals surface area (Å²) in [4.78, 5) is 0. The second kappa shape index (κ2) is 4.46. The first kappa shape index (κ1) is 9.52. The smallest absolute Gasteiger partial charge is 0.0645 e. The Morgan fingerprint density at radius 3 is 3.00 bits per heavy atom. The molecule has 0 saturated heterocycles. The Morgan fingerprint density at radius 1 is 1.27 bits per heavy atom. The molecule has 0 spiro atoms. The second-order valence-corrected chi connectivity index (χ2v) is 3.27. The fraction of sp³-hybridized carbons (Fsp3) is 0.0833. The summed E-state index contributed by atoms with van der Waals surface area (Å²) in [6.07, 6.45) is 8.21. The summed E-state index contributed by atoms with van der Waals surface area (Å²) in [5.74, 6) is 0. The molecule has 76 valence electrons. The van der Waals surface area contributed by atoms with E-state index in [4.69, 9.17) is 5.73 Å². The molecule has 1 heterocycles. The van der Waals surface area contributed by atoms with Crippen molar-refractivity contribution < 1.29 is 0 Å². The van der Waals surface area contributed by atoms with Gasteiger partial charge in [0.15, 0.2) is 0 Å². The van der Waals surface area contributed by atoms with E-state index in [9.17, 15) is 0 Å². The first-order chi connectivity index (χ1) is 7.40. The molecule has 15 heavy (non-hydrogen) atoms. The van der Waals surface area contributed by atoms with Gasteiger partial charge >= 0.3 is 0 Å². The minimum atomic E-state index is 0.744. The second-order valence-electron chi connectivity index (χ2n) is 3.27. The summed E-state index contributed by atoms with van der Waals surface area (Å²) in [7, 11) is 0. The van der Waals surface area contributed by atoms with E-state index < -0.39 is 0 Å². The van der Waals surface area contributed by atoms with Crippen molar-refractivity contribution in [2.24, 2.45) is 10.8 Å². The van der Waals surface area contributed by atoms with E-state index in [2.05, 4.69) is 22.7 Å². The van der Waals surface area contributed by atoms with Crippen molar-refractivity contribution in [1.82, 2.24) is 0 Å². The van der Waals surface area contributed by atoms with Crippen molar-refractivity contribution in [2.45, 2.75) is 6.42 Å². The Labute approximate surface area is 89.0 Å². The van der Waals surface area contributed by atoms with Crippen LogP contribution in [0.3, 0.4) is 0 Å². The van der Waals surface area contributed by atoms with Gasteiger partial charge in [-0.1, -0.05) is 30.4 Å². The maximum absolute atomic E-state index is 5.29. The summed E-state index contributed by atoms with van der Waals surface area (Å²) in [6.45, 7) is 0. The molecular formula is C12H13N3. The number of allylic oxidation sites excluding steroid dienone is 2. The number of para-hydroxylation sites is 1. The highest BCUT2D eigenvalue weighted by Crippen LogP contribution is 2.19. The normalized spacial score (nSPS) is 14.3. The zero-order valence-corrected chi connectivity index (χ0v) is 8.35. The summed E-state index contributed by atoms with van der Waals surface area (Å²) in [6, 6.07) is 8.05. The zero-order chi connectivity index (χ0) is 10.5. The van der Waals surface area contributed by atoms with Gasteiger partial charge in [-0.15, -0.1) is 0 Å². The van der Waals surface area contributed by atoms with Crippen molar-refractivity contribution in [3.8, 4) is 0 Å². The lowest BCUT2D eigenvalue weighted by Gasteiger charge is -2.01. The van der Waals surface area contributed by atoms with Crippen LogP contribution in [0, 0.1) is 0 Å². The van der Waals surface area contributed by atoms with Crippen LogP contribution in [0.2, 0.25) is 0 Å². The molecule has 0 aliphatic carbocycles. The molecule has 1 aliphatic rings. The van der Waals surface area contributed by atoms with Gasteiger partial charge in [0.2, 0.25) is 0 Å². The Bertz CT molecular complexity index is 430. The van der Waals surface area contributed by atoms with Gasteiger partial charge in [-0.25, -0.2) is 0 Å². The predicted octanol–water partition coefficient (Wildman–Crippen LogP) is 2.34. The van der Waals surface area contributed by atoms with E-state index in [-0.39, 0.29) is 0 Å². The van der Waals surface area contributed by atoms with Crippen molar-refractivity contribution >= 4 is 17.5 Å². The third kappa shape index (κ3) is 2.26. The molecule has 0 bridgehead atoms. The maximum atomic E-state index is 5.29. The molecule has 3 heteroatoms. The van der Waals surface area contributed by atoms with Crippen LogP contribution in [0.15, 0.2) is 47.7 Å². The van der Waals surface area contributed by atoms with Crippen LogP contribution in [0.25, 0.3) is 6.08 Å². The molecular weight excluding hydrogens is 186 g/mol. The molecule has 1 aliphatic heterocycles. The molecule has 0 radical (unpaired) electrons. The highest BCUT2D eigenvalue weighted by atomic mass is 15.3. The number of hydrazone groups is 1. The van der Waals surface area contributed by atoms with Gasteiger partial charge in [0.25, 0.3) is 0 Å². The molecule has 0 unspecified atom stereocenters. The Hall–Kier alpha value is -2.03. The van der Waals surface area contributed by atoms with Gasteiger partial charge in [0.05, 0.1) is 11.4 Å². The number of nitrogens with two attached hydrogens (primary N) is 1. The van der Waals surface area contributed by atoms with Crippen LogP contribution >= 0.6 is 0 Å². The summed E-state index contributed by atoms with van der Waals surface area (Å²) in [5, 5.41) is 4.28. The molecule has 0 saturated carbocycles. The molecule has 3 nitrogen and oxygen atoms in total. The van der Waals surface area contributed by atoms with E-state index in [0.29, 0.717) is 0 Å². The van der Waals surface area contributed by atoms with E-state index in [1.54, 1.807) is 0 Å². The van der Waals surface area contributed by atoms with Gasteiger partial charge in [-0.05, 0) is 23.9 Å². The van der Waals surface area contributed by atoms with Crippen molar-refractivity contribution in [3.63, 3.8) is 0 Å². The van der Waals surface area contributed by atoms with Crippen LogP contribution in [0.4, 0.5) is 5.69 Å². The van der Waals surface area contributed by atoms with Gasteiger partial charge < -0.3 is 5.73 Å². The van der Waals surface area contributed by atoms with Crippen molar-refractivity contribution in [2.75, 3.05) is 5.43 Å². The number of hydrogen-bond acceptors (Lipinski definition) is 3. The minimum Gasteiger partial charge on any atom is -0.405 e. The summed E-state index contributed by atoms with van der Waals surface area (Å²) in [5.41, 5.74) is 11.5. The molecule has 1 aromatic carbocycles. The first-order valence-electron chi connectivity index (χ1n) is 4.86. The molecule has 0 aromatic heterocycles. The monoisotopic (exact) mass is 199 g/mol. The number of anilines is 1. The Morgan fingerprint density at radius 2 is 2.13 bits per heavy atom. The molecule has 0 fully saturated rings. The molecule has 0 amide bonds. The largest absolute Gasteiger partial charge is 0.405 e. The number of nitrogens with zero attached hydrogens (tertiary/aromatic N) is 1. The van der Waals surface area contributed by atoms with Crippen LogP contribution in [0.1, 0.15) is 12.0 Å². The first-order valence-corrected chi connectivity index (χ1v) is 4.86. The Balaban J connectivity index is 2.22. The van der Waals surface area contributed by atoms with Gasteiger partial charge in [0, 0.05) is 6.42 Å². The topological polar surface area (TPSA) is 50.4 Å². The van der Waals surface area contributed by atoms with Crippen LogP contribution in [0.5, 0.6) is 0 Å². The lowest BCUT2D eigenvalue weighted by Crippen LogP contribution is -1.96. The Kier molecular flexibility index (Phi) is 2.83. The molecule has 2 rings (SSSR count). The zero-order valence-electron chi connectivity index (χ0n) is 8.35. The molecule has 0 atom stereocenters. The lowest BCUT2D eigenvalue weighted by molar-refractivity contribution is 1.30. The summed E-state index contributed by atoms with van der Waals surface area (Å²) < 4.78 is 0. The summed E-state index contributed by atoms with van der Waals surface area (Å²) >= 11 is 0. The lowest BCUT2D eigenvalue weighted by atomic mass is 10.1. The number of benzene rings is 1. The third-order valence-electron chi connectivity index (χ3n) is 2.20. The number of fused-ring (bicyclic) bond motifs is 1. The average Bonchev–Trinajstić information content (AvgIpc) is 2.49. The SMILES string of the molecule is NC=CCC1=NNc2ccccc2C=C1. The van der Waals surface area contributed by atoms with Gasteiger partial charge in [-0.3, -0.25) is 5.43 Å². The van der Waals surface area contributed by atoms with Crippen LogP contribution in [-0.2, 0) is 0 Å². The fourth-order valence-corrected chi connectivity index (χ4v) is 1.40. The van der Waals surface area contributed by atoms with Crippen molar-refractivity contribution in [3.05, 3.63) is 48.2 Å². The van der Waals surface area contributed by atoms with Crippen LogP contribution in [-0.4, -0.2) is 5.71 Å². The average molecular weight is 199 g/mol. The standard InChI is InChI=1S/C12H13N3/c13-9-3-5-11-8-7-10-4-1-2-6-12(10)15-14-11/h1-4,6-9,15H,5,13H2. The highest BCUT2D eigenvalue weighted by molar-refractivity contribution is 6.01. The number of hydrogen-bond donors (Lipinski definition) is 2. The maximum Gasteiger partial charge on any atom is 0.0645 e. The quantitative estimate of drug-likeness (QED) is 0.768. The highest BCUT2D eigenvalue weighted by Gasteiger charge is 2.02. The van der Waals surface area contributed by atoms with E-state index in [1.807, 2.05) is 30.4 Å². The van der Waals surface area contributed by atoms with E-state index in [1.165, 1.54) is 6.20 Å². The van der Waals surface area contributed by atoms with Crippen LogP contribution < -0.4 is 11.2 Å². The molecule has 3 N–H and O–H groups in total. The van der Waals surface area contributed by atoms with Gasteiger partial charge in [0.1, 0.15) is 0 Å². The van der Waals surface area contributed by atoms with Crippen molar-refractivity contribution in [1.29, 1.82) is 0 Å². The minimum absolute atomic E-state index is 0.744. The molecule has 1 aromatic rings. The fourth-order valence-electron chi connectivity index (χ4n) is 1.40. The number of nitrogens with one attached hydrogen (secondary N) is 1. The third-order valence-corrected chi connectivity index (χ3v) is 2.20. The van der Waals surface area contributed by atoms with E-state index in [0.717, 1.165) is 23.4 Å². The number of rotatable bonds is 2. The predicted molar refractivity (Wildman–Crippen MR) is 64.5 cm³/mol.